The smallest absolute Gasteiger partial charge is 0.260 e. The van der Waals surface area contributed by atoms with Gasteiger partial charge >= 0.3 is 0 Å². The third-order valence-corrected chi connectivity index (χ3v) is 5.41. The zero-order valence-corrected chi connectivity index (χ0v) is 16.9. The van der Waals surface area contributed by atoms with Gasteiger partial charge in [0, 0.05) is 17.6 Å². The van der Waals surface area contributed by atoms with Gasteiger partial charge in [0.05, 0.1) is 10.7 Å². The SMILES string of the molecule is CC1CCCC(C)N1C(=O)COc1ccc(C(=O)Nc2ccccc2Cl)cc1. The summed E-state index contributed by atoms with van der Waals surface area (Å²) < 4.78 is 5.65. The number of carbonyl (C=O) groups excluding carboxylic acids is 2. The molecule has 148 valence electrons. The fourth-order valence-electron chi connectivity index (χ4n) is 3.59. The number of rotatable bonds is 5. The highest BCUT2D eigenvalue weighted by molar-refractivity contribution is 6.33. The van der Waals surface area contributed by atoms with Crippen LogP contribution < -0.4 is 10.1 Å². The van der Waals surface area contributed by atoms with E-state index in [9.17, 15) is 9.59 Å². The minimum atomic E-state index is -0.258. The lowest BCUT2D eigenvalue weighted by Gasteiger charge is -2.38. The highest BCUT2D eigenvalue weighted by atomic mass is 35.5. The topological polar surface area (TPSA) is 58.6 Å². The number of nitrogens with one attached hydrogen (secondary N) is 1. The summed E-state index contributed by atoms with van der Waals surface area (Å²) in [4.78, 5) is 26.8. The molecule has 1 N–H and O–H groups in total. The Morgan fingerprint density at radius 2 is 1.71 bits per heavy atom. The number of anilines is 1. The van der Waals surface area contributed by atoms with Crippen molar-refractivity contribution in [1.82, 2.24) is 4.90 Å². The molecule has 2 aromatic rings. The Morgan fingerprint density at radius 3 is 2.36 bits per heavy atom. The van der Waals surface area contributed by atoms with Crippen LogP contribution >= 0.6 is 11.6 Å². The molecule has 0 radical (unpaired) electrons. The number of piperidine rings is 1. The zero-order chi connectivity index (χ0) is 20.1. The Labute approximate surface area is 170 Å². The standard InChI is InChI=1S/C22H25ClN2O3/c1-15-6-5-7-16(2)25(15)21(26)14-28-18-12-10-17(11-13-18)22(27)24-20-9-4-3-8-19(20)23/h3-4,8-13,15-16H,5-7,14H2,1-2H3,(H,24,27). The average molecular weight is 401 g/mol. The van der Waals surface area contributed by atoms with Gasteiger partial charge in [0.25, 0.3) is 11.8 Å². The predicted octanol–water partition coefficient (Wildman–Crippen LogP) is 4.76. The summed E-state index contributed by atoms with van der Waals surface area (Å²) in [6, 6.07) is 14.3. The van der Waals surface area contributed by atoms with E-state index in [2.05, 4.69) is 19.2 Å². The fourth-order valence-corrected chi connectivity index (χ4v) is 3.78. The molecular weight excluding hydrogens is 376 g/mol. The summed E-state index contributed by atoms with van der Waals surface area (Å²) in [6.45, 7) is 4.17. The number of halogens is 1. The molecule has 2 atom stereocenters. The molecule has 1 aliphatic heterocycles. The average Bonchev–Trinajstić information content (AvgIpc) is 2.68. The Bertz CT molecular complexity index is 828. The van der Waals surface area contributed by atoms with Gasteiger partial charge in [-0.15, -0.1) is 0 Å². The first-order valence-corrected chi connectivity index (χ1v) is 9.93. The Morgan fingerprint density at radius 1 is 1.07 bits per heavy atom. The Balaban J connectivity index is 1.56. The largest absolute Gasteiger partial charge is 0.484 e. The molecule has 0 aliphatic carbocycles. The summed E-state index contributed by atoms with van der Waals surface area (Å²) in [6.07, 6.45) is 3.22. The maximum Gasteiger partial charge on any atom is 0.260 e. The number of benzene rings is 2. The number of ether oxygens (including phenoxy) is 1. The van der Waals surface area contributed by atoms with Crippen LogP contribution in [0.3, 0.4) is 0 Å². The van der Waals surface area contributed by atoms with E-state index >= 15 is 0 Å². The van der Waals surface area contributed by atoms with Crippen molar-refractivity contribution < 1.29 is 14.3 Å². The van der Waals surface area contributed by atoms with E-state index in [4.69, 9.17) is 16.3 Å². The van der Waals surface area contributed by atoms with Crippen LogP contribution in [-0.4, -0.2) is 35.4 Å². The van der Waals surface area contributed by atoms with Gasteiger partial charge < -0.3 is 15.0 Å². The third kappa shape index (κ3) is 4.84. The molecule has 28 heavy (non-hydrogen) atoms. The molecule has 5 nitrogen and oxygen atoms in total. The van der Waals surface area contributed by atoms with Gasteiger partial charge in [0.2, 0.25) is 0 Å². The Hall–Kier alpha value is -2.53. The molecule has 6 heteroatoms. The van der Waals surface area contributed by atoms with Crippen molar-refractivity contribution in [2.75, 3.05) is 11.9 Å². The summed E-state index contributed by atoms with van der Waals surface area (Å²) in [7, 11) is 0. The second-order valence-electron chi connectivity index (χ2n) is 7.18. The van der Waals surface area contributed by atoms with Gasteiger partial charge in [0.15, 0.2) is 6.61 Å². The maximum atomic E-state index is 12.5. The first kappa shape index (κ1) is 20.2. The lowest BCUT2D eigenvalue weighted by molar-refractivity contribution is -0.139. The van der Waals surface area contributed by atoms with Crippen LogP contribution in [0.15, 0.2) is 48.5 Å². The summed E-state index contributed by atoms with van der Waals surface area (Å²) in [5.41, 5.74) is 1.04. The van der Waals surface area contributed by atoms with Crippen molar-refractivity contribution >= 4 is 29.1 Å². The van der Waals surface area contributed by atoms with Gasteiger partial charge in [0.1, 0.15) is 5.75 Å². The highest BCUT2D eigenvalue weighted by Gasteiger charge is 2.28. The minimum Gasteiger partial charge on any atom is -0.484 e. The number of carbonyl (C=O) groups is 2. The lowest BCUT2D eigenvalue weighted by Crippen LogP contribution is -2.49. The summed E-state index contributed by atoms with van der Waals surface area (Å²) in [5, 5.41) is 3.26. The molecule has 2 unspecified atom stereocenters. The molecule has 1 fully saturated rings. The molecule has 0 saturated carbocycles. The van der Waals surface area contributed by atoms with Crippen LogP contribution in [-0.2, 0) is 4.79 Å². The van der Waals surface area contributed by atoms with Crippen LogP contribution in [0.1, 0.15) is 43.5 Å². The number of hydrogen-bond acceptors (Lipinski definition) is 3. The fraction of sp³-hybridized carbons (Fsp3) is 0.364. The molecule has 1 aliphatic rings. The second kappa shape index (κ2) is 9.11. The van der Waals surface area contributed by atoms with E-state index in [1.165, 1.54) is 0 Å². The van der Waals surface area contributed by atoms with E-state index in [0.717, 1.165) is 19.3 Å². The quantitative estimate of drug-likeness (QED) is 0.787. The highest BCUT2D eigenvalue weighted by Crippen LogP contribution is 2.24. The molecule has 3 rings (SSSR count). The molecule has 0 spiro atoms. The molecular formula is C22H25ClN2O3. The zero-order valence-electron chi connectivity index (χ0n) is 16.2. The number of para-hydroxylation sites is 1. The minimum absolute atomic E-state index is 0.000152. The molecule has 1 saturated heterocycles. The van der Waals surface area contributed by atoms with Gasteiger partial charge in [-0.1, -0.05) is 23.7 Å². The van der Waals surface area contributed by atoms with E-state index in [0.29, 0.717) is 22.0 Å². The predicted molar refractivity (Wildman–Crippen MR) is 111 cm³/mol. The molecule has 0 aromatic heterocycles. The van der Waals surface area contributed by atoms with Gasteiger partial charge in [-0.05, 0) is 69.5 Å². The number of nitrogens with zero attached hydrogens (tertiary/aromatic N) is 1. The molecule has 2 aromatic carbocycles. The maximum absolute atomic E-state index is 12.5. The normalized spacial score (nSPS) is 19.2. The molecule has 1 heterocycles. The van der Waals surface area contributed by atoms with Gasteiger partial charge in [-0.25, -0.2) is 0 Å². The van der Waals surface area contributed by atoms with Crippen molar-refractivity contribution in [2.45, 2.75) is 45.2 Å². The van der Waals surface area contributed by atoms with E-state index in [1.807, 2.05) is 4.90 Å². The lowest BCUT2D eigenvalue weighted by atomic mass is 9.97. The summed E-state index contributed by atoms with van der Waals surface area (Å²) in [5.74, 6) is 0.298. The van der Waals surface area contributed by atoms with Crippen LogP contribution in [0.4, 0.5) is 5.69 Å². The first-order valence-electron chi connectivity index (χ1n) is 9.55. The van der Waals surface area contributed by atoms with Crippen LogP contribution in [0, 0.1) is 0 Å². The number of likely N-dealkylation sites (tertiary alicyclic amines) is 1. The van der Waals surface area contributed by atoms with Gasteiger partial charge in [-0.2, -0.15) is 0 Å². The van der Waals surface area contributed by atoms with Crippen molar-refractivity contribution in [3.05, 3.63) is 59.1 Å². The van der Waals surface area contributed by atoms with Crippen molar-refractivity contribution in [1.29, 1.82) is 0 Å². The van der Waals surface area contributed by atoms with Crippen molar-refractivity contribution in [3.63, 3.8) is 0 Å². The monoisotopic (exact) mass is 400 g/mol. The van der Waals surface area contributed by atoms with E-state index in [-0.39, 0.29) is 30.5 Å². The molecule has 0 bridgehead atoms. The van der Waals surface area contributed by atoms with Crippen molar-refractivity contribution in [2.24, 2.45) is 0 Å². The van der Waals surface area contributed by atoms with Crippen molar-refractivity contribution in [3.8, 4) is 5.75 Å². The van der Waals surface area contributed by atoms with E-state index in [1.54, 1.807) is 48.5 Å². The van der Waals surface area contributed by atoms with Crippen LogP contribution in [0.25, 0.3) is 0 Å². The second-order valence-corrected chi connectivity index (χ2v) is 7.58. The molecule has 2 amide bonds. The third-order valence-electron chi connectivity index (χ3n) is 5.08. The van der Waals surface area contributed by atoms with Gasteiger partial charge in [-0.3, -0.25) is 9.59 Å². The Kier molecular flexibility index (Phi) is 6.57. The van der Waals surface area contributed by atoms with E-state index < -0.39 is 0 Å². The van der Waals surface area contributed by atoms with Crippen LogP contribution in [0.5, 0.6) is 5.75 Å². The van der Waals surface area contributed by atoms with Crippen LogP contribution in [0.2, 0.25) is 5.02 Å². The summed E-state index contributed by atoms with van der Waals surface area (Å²) >= 11 is 6.07. The number of hydrogen-bond donors (Lipinski definition) is 1. The first-order chi connectivity index (χ1) is 13.5. The number of amides is 2.